The summed E-state index contributed by atoms with van der Waals surface area (Å²) in [7, 11) is 0. The van der Waals surface area contributed by atoms with Crippen LogP contribution in [0, 0.1) is 0 Å². The van der Waals surface area contributed by atoms with E-state index in [4.69, 9.17) is 11.6 Å². The Kier molecular flexibility index (Phi) is 4.30. The lowest BCUT2D eigenvalue weighted by molar-refractivity contribution is 0.0698. The molecule has 4 heteroatoms. The van der Waals surface area contributed by atoms with Crippen LogP contribution in [0.3, 0.4) is 0 Å². The molecule has 0 saturated carbocycles. The fourth-order valence-corrected chi connectivity index (χ4v) is 2.08. The highest BCUT2D eigenvalue weighted by Gasteiger charge is 2.11. The molecule has 0 amide bonds. The van der Waals surface area contributed by atoms with Gasteiger partial charge in [-0.2, -0.15) is 0 Å². The fourth-order valence-electron chi connectivity index (χ4n) is 1.91. The van der Waals surface area contributed by atoms with E-state index in [0.29, 0.717) is 16.6 Å². The average molecular weight is 290 g/mol. The van der Waals surface area contributed by atoms with Crippen molar-refractivity contribution in [2.24, 2.45) is 0 Å². The molecular formula is C16H16ClNO2. The zero-order chi connectivity index (χ0) is 14.7. The van der Waals surface area contributed by atoms with Crippen LogP contribution in [0.4, 0.5) is 11.4 Å². The van der Waals surface area contributed by atoms with E-state index >= 15 is 0 Å². The summed E-state index contributed by atoms with van der Waals surface area (Å²) in [5.41, 5.74) is 2.77. The molecule has 104 valence electrons. The Bertz CT molecular complexity index is 621. The molecule has 2 N–H and O–H groups in total. The van der Waals surface area contributed by atoms with E-state index in [1.807, 2.05) is 24.3 Å². The van der Waals surface area contributed by atoms with Crippen molar-refractivity contribution >= 4 is 28.9 Å². The van der Waals surface area contributed by atoms with Gasteiger partial charge in [-0.1, -0.05) is 37.6 Å². The minimum absolute atomic E-state index is 0.158. The van der Waals surface area contributed by atoms with Crippen LogP contribution in [0.2, 0.25) is 5.02 Å². The second kappa shape index (κ2) is 5.97. The maximum Gasteiger partial charge on any atom is 0.337 e. The lowest BCUT2D eigenvalue weighted by atomic mass is 10.0. The lowest BCUT2D eigenvalue weighted by Crippen LogP contribution is -2.02. The predicted octanol–water partition coefficient (Wildman–Crippen LogP) is 4.91. The number of carboxylic acids is 1. The number of rotatable bonds is 4. The van der Waals surface area contributed by atoms with E-state index in [-0.39, 0.29) is 5.56 Å². The highest BCUT2D eigenvalue weighted by molar-refractivity contribution is 6.31. The monoisotopic (exact) mass is 289 g/mol. The molecule has 0 radical (unpaired) electrons. The molecule has 0 atom stereocenters. The third kappa shape index (κ3) is 3.31. The molecule has 2 aromatic carbocycles. The van der Waals surface area contributed by atoms with Crippen molar-refractivity contribution < 1.29 is 9.90 Å². The van der Waals surface area contributed by atoms with Crippen molar-refractivity contribution in [2.75, 3.05) is 5.32 Å². The zero-order valence-electron chi connectivity index (χ0n) is 11.4. The Morgan fingerprint density at radius 2 is 1.80 bits per heavy atom. The summed E-state index contributed by atoms with van der Waals surface area (Å²) >= 11 is 5.83. The maximum atomic E-state index is 11.2. The predicted molar refractivity (Wildman–Crippen MR) is 82.2 cm³/mol. The molecule has 2 rings (SSSR count). The SMILES string of the molecule is CC(C)c1ccc(Nc2ccc(Cl)cc2C(=O)O)cc1. The number of carbonyl (C=O) groups is 1. The van der Waals surface area contributed by atoms with Crippen molar-refractivity contribution in [1.82, 2.24) is 0 Å². The molecule has 0 unspecified atom stereocenters. The number of anilines is 2. The van der Waals surface area contributed by atoms with Gasteiger partial charge in [-0.25, -0.2) is 4.79 Å². The summed E-state index contributed by atoms with van der Waals surface area (Å²) < 4.78 is 0. The highest BCUT2D eigenvalue weighted by atomic mass is 35.5. The van der Waals surface area contributed by atoms with Gasteiger partial charge in [0, 0.05) is 10.7 Å². The molecule has 0 fully saturated rings. The zero-order valence-corrected chi connectivity index (χ0v) is 12.1. The number of nitrogens with one attached hydrogen (secondary N) is 1. The summed E-state index contributed by atoms with van der Waals surface area (Å²) in [6.07, 6.45) is 0. The Balaban J connectivity index is 2.28. The number of aromatic carboxylic acids is 1. The third-order valence-corrected chi connectivity index (χ3v) is 3.30. The first-order valence-corrected chi connectivity index (χ1v) is 6.75. The maximum absolute atomic E-state index is 11.2. The van der Waals surface area contributed by atoms with E-state index < -0.39 is 5.97 Å². The van der Waals surface area contributed by atoms with E-state index in [1.54, 1.807) is 12.1 Å². The quantitative estimate of drug-likeness (QED) is 0.841. The van der Waals surface area contributed by atoms with Gasteiger partial charge in [-0.05, 0) is 41.8 Å². The molecule has 3 nitrogen and oxygen atoms in total. The van der Waals surface area contributed by atoms with Gasteiger partial charge in [-0.3, -0.25) is 0 Å². The summed E-state index contributed by atoms with van der Waals surface area (Å²) in [6.45, 7) is 4.26. The van der Waals surface area contributed by atoms with Crippen molar-refractivity contribution in [3.8, 4) is 0 Å². The molecule has 0 aliphatic heterocycles. The van der Waals surface area contributed by atoms with Gasteiger partial charge in [0.2, 0.25) is 0 Å². The van der Waals surface area contributed by atoms with Gasteiger partial charge in [-0.15, -0.1) is 0 Å². The number of carboxylic acid groups (broad SMARTS) is 1. The minimum Gasteiger partial charge on any atom is -0.478 e. The van der Waals surface area contributed by atoms with Crippen LogP contribution in [0.5, 0.6) is 0 Å². The molecule has 0 bridgehead atoms. The minimum atomic E-state index is -1.01. The van der Waals surface area contributed by atoms with E-state index in [9.17, 15) is 9.90 Å². The van der Waals surface area contributed by atoms with Crippen LogP contribution < -0.4 is 5.32 Å². The van der Waals surface area contributed by atoms with E-state index in [2.05, 4.69) is 19.2 Å². The average Bonchev–Trinajstić information content (AvgIpc) is 2.41. The number of halogens is 1. The topological polar surface area (TPSA) is 49.3 Å². The van der Waals surface area contributed by atoms with Crippen molar-refractivity contribution in [2.45, 2.75) is 19.8 Å². The van der Waals surface area contributed by atoms with Gasteiger partial charge in [0.25, 0.3) is 0 Å². The summed E-state index contributed by atoms with van der Waals surface area (Å²) in [6, 6.07) is 12.7. The van der Waals surface area contributed by atoms with Crippen molar-refractivity contribution in [3.05, 3.63) is 58.6 Å². The van der Waals surface area contributed by atoms with Crippen LogP contribution in [-0.2, 0) is 0 Å². The lowest BCUT2D eigenvalue weighted by Gasteiger charge is -2.11. The van der Waals surface area contributed by atoms with Crippen molar-refractivity contribution in [1.29, 1.82) is 0 Å². The Labute approximate surface area is 123 Å². The first kappa shape index (κ1) is 14.4. The van der Waals surface area contributed by atoms with Crippen LogP contribution in [0.25, 0.3) is 0 Å². The van der Waals surface area contributed by atoms with Crippen molar-refractivity contribution in [3.63, 3.8) is 0 Å². The van der Waals surface area contributed by atoms with Gasteiger partial charge >= 0.3 is 5.97 Å². The molecular weight excluding hydrogens is 274 g/mol. The smallest absolute Gasteiger partial charge is 0.337 e. The molecule has 20 heavy (non-hydrogen) atoms. The van der Waals surface area contributed by atoms with Gasteiger partial charge in [0.05, 0.1) is 11.3 Å². The molecule has 0 heterocycles. The van der Waals surface area contributed by atoms with E-state index in [1.165, 1.54) is 11.6 Å². The largest absolute Gasteiger partial charge is 0.478 e. The third-order valence-electron chi connectivity index (χ3n) is 3.07. The second-order valence-corrected chi connectivity index (χ2v) is 5.33. The first-order chi connectivity index (χ1) is 9.47. The van der Waals surface area contributed by atoms with Crippen LogP contribution in [0.15, 0.2) is 42.5 Å². The molecule has 0 spiro atoms. The summed E-state index contributed by atoms with van der Waals surface area (Å²) in [5, 5.41) is 12.7. The van der Waals surface area contributed by atoms with Crippen LogP contribution in [-0.4, -0.2) is 11.1 Å². The number of benzene rings is 2. The molecule has 0 aromatic heterocycles. The Morgan fingerprint density at radius 3 is 2.35 bits per heavy atom. The van der Waals surface area contributed by atoms with Gasteiger partial charge in [0.15, 0.2) is 0 Å². The van der Waals surface area contributed by atoms with Gasteiger partial charge < -0.3 is 10.4 Å². The first-order valence-electron chi connectivity index (χ1n) is 6.37. The molecule has 0 aliphatic rings. The molecule has 0 saturated heterocycles. The second-order valence-electron chi connectivity index (χ2n) is 4.90. The summed E-state index contributed by atoms with van der Waals surface area (Å²) in [4.78, 5) is 11.2. The fraction of sp³-hybridized carbons (Fsp3) is 0.188. The number of hydrogen-bond donors (Lipinski definition) is 2. The van der Waals surface area contributed by atoms with Gasteiger partial charge in [0.1, 0.15) is 0 Å². The summed E-state index contributed by atoms with van der Waals surface area (Å²) in [5.74, 6) is -0.539. The van der Waals surface area contributed by atoms with E-state index in [0.717, 1.165) is 5.69 Å². The number of hydrogen-bond acceptors (Lipinski definition) is 2. The highest BCUT2D eigenvalue weighted by Crippen LogP contribution is 2.25. The Morgan fingerprint density at radius 1 is 1.15 bits per heavy atom. The molecule has 0 aliphatic carbocycles. The Hall–Kier alpha value is -2.00. The standard InChI is InChI=1S/C16H16ClNO2/c1-10(2)11-3-6-13(7-4-11)18-15-8-5-12(17)9-14(15)16(19)20/h3-10,18H,1-2H3,(H,19,20). The molecule has 2 aromatic rings. The normalized spacial score (nSPS) is 10.6. The van der Waals surface area contributed by atoms with Crippen LogP contribution in [0.1, 0.15) is 35.7 Å². The van der Waals surface area contributed by atoms with Crippen LogP contribution >= 0.6 is 11.6 Å².